The van der Waals surface area contributed by atoms with Gasteiger partial charge in [-0.05, 0) is 37.3 Å². The van der Waals surface area contributed by atoms with Crippen LogP contribution in [-0.4, -0.2) is 32.2 Å². The first-order chi connectivity index (χ1) is 12.3. The molecule has 0 aliphatic carbocycles. The Morgan fingerprint density at radius 1 is 0.923 bits per heavy atom. The molecule has 0 spiro atoms. The molecule has 2 aromatic rings. The average Bonchev–Trinajstić information content (AvgIpc) is 2.60. The van der Waals surface area contributed by atoms with Gasteiger partial charge in [0.1, 0.15) is 11.5 Å². The molecule has 0 saturated carbocycles. The van der Waals surface area contributed by atoms with E-state index in [1.807, 2.05) is 0 Å². The Bertz CT molecular complexity index is 783. The zero-order valence-electron chi connectivity index (χ0n) is 14.3. The third kappa shape index (κ3) is 5.28. The second-order valence-corrected chi connectivity index (χ2v) is 6.17. The van der Waals surface area contributed by atoms with Crippen LogP contribution in [0.1, 0.15) is 17.3 Å². The molecule has 2 rings (SSSR count). The van der Waals surface area contributed by atoms with Crippen LogP contribution in [0.3, 0.4) is 0 Å². The van der Waals surface area contributed by atoms with Crippen LogP contribution in [-0.2, 0) is 9.53 Å². The number of carbonyl (C=O) groups excluding carboxylic acids is 2. The molecule has 26 heavy (non-hydrogen) atoms. The number of anilines is 1. The van der Waals surface area contributed by atoms with Crippen molar-refractivity contribution in [3.63, 3.8) is 0 Å². The summed E-state index contributed by atoms with van der Waals surface area (Å²) in [7, 11) is 2.94. The van der Waals surface area contributed by atoms with Gasteiger partial charge in [-0.15, -0.1) is 0 Å². The van der Waals surface area contributed by atoms with E-state index in [0.717, 1.165) is 0 Å². The zero-order chi connectivity index (χ0) is 19.3. The third-order valence-electron chi connectivity index (χ3n) is 3.37. The van der Waals surface area contributed by atoms with Crippen molar-refractivity contribution in [1.82, 2.24) is 0 Å². The number of esters is 1. The lowest BCUT2D eigenvalue weighted by Gasteiger charge is -2.14. The predicted octanol–water partition coefficient (Wildman–Crippen LogP) is 4.19. The molecule has 0 fully saturated rings. The number of amides is 1. The van der Waals surface area contributed by atoms with Crippen LogP contribution in [0.2, 0.25) is 10.0 Å². The van der Waals surface area contributed by atoms with Gasteiger partial charge in [0.25, 0.3) is 5.91 Å². The lowest BCUT2D eigenvalue weighted by molar-refractivity contribution is -0.123. The summed E-state index contributed by atoms with van der Waals surface area (Å²) < 4.78 is 15.4. The number of ether oxygens (including phenoxy) is 3. The second-order valence-electron chi connectivity index (χ2n) is 5.30. The molecule has 2 aromatic carbocycles. The Kier molecular flexibility index (Phi) is 6.71. The van der Waals surface area contributed by atoms with Crippen LogP contribution in [0.25, 0.3) is 0 Å². The largest absolute Gasteiger partial charge is 0.497 e. The molecule has 0 aliphatic heterocycles. The Morgan fingerprint density at radius 2 is 1.46 bits per heavy atom. The number of rotatable bonds is 6. The molecule has 6 nitrogen and oxygen atoms in total. The molecule has 0 aromatic heterocycles. The molecular weight excluding hydrogens is 381 g/mol. The highest BCUT2D eigenvalue weighted by Gasteiger charge is 2.20. The number of halogens is 2. The maximum absolute atomic E-state index is 12.3. The van der Waals surface area contributed by atoms with E-state index in [0.29, 0.717) is 27.2 Å². The number of benzene rings is 2. The van der Waals surface area contributed by atoms with Crippen LogP contribution in [0.5, 0.6) is 11.5 Å². The summed E-state index contributed by atoms with van der Waals surface area (Å²) in [5.41, 5.74) is 0.602. The number of carbonyl (C=O) groups is 2. The van der Waals surface area contributed by atoms with Crippen molar-refractivity contribution in [2.24, 2.45) is 0 Å². The van der Waals surface area contributed by atoms with Gasteiger partial charge in [0.2, 0.25) is 0 Å². The Hall–Kier alpha value is -2.44. The van der Waals surface area contributed by atoms with Gasteiger partial charge in [-0.25, -0.2) is 4.79 Å². The summed E-state index contributed by atoms with van der Waals surface area (Å²) in [6, 6.07) is 9.21. The quantitative estimate of drug-likeness (QED) is 0.739. The number of methoxy groups -OCH3 is 2. The fraction of sp³-hybridized carbons (Fsp3) is 0.222. The summed E-state index contributed by atoms with van der Waals surface area (Å²) in [6.07, 6.45) is -1.04. The van der Waals surface area contributed by atoms with E-state index in [-0.39, 0.29) is 5.56 Å². The minimum atomic E-state index is -1.04. The van der Waals surface area contributed by atoms with Crippen LogP contribution >= 0.6 is 23.2 Å². The molecule has 0 aliphatic rings. The van der Waals surface area contributed by atoms with Gasteiger partial charge in [-0.3, -0.25) is 4.79 Å². The molecule has 138 valence electrons. The first kappa shape index (κ1) is 19.9. The lowest BCUT2D eigenvalue weighted by Crippen LogP contribution is -2.30. The third-order valence-corrected chi connectivity index (χ3v) is 3.81. The molecule has 8 heteroatoms. The summed E-state index contributed by atoms with van der Waals surface area (Å²) in [5, 5.41) is 3.34. The van der Waals surface area contributed by atoms with E-state index in [4.69, 9.17) is 37.4 Å². The molecule has 0 radical (unpaired) electrons. The highest BCUT2D eigenvalue weighted by molar-refractivity contribution is 6.35. The van der Waals surface area contributed by atoms with Crippen molar-refractivity contribution in [2.75, 3.05) is 19.5 Å². The fourth-order valence-corrected chi connectivity index (χ4v) is 2.60. The minimum Gasteiger partial charge on any atom is -0.497 e. The van der Waals surface area contributed by atoms with Gasteiger partial charge in [-0.2, -0.15) is 0 Å². The Morgan fingerprint density at radius 3 is 1.96 bits per heavy atom. The smallest absolute Gasteiger partial charge is 0.339 e. The number of hydrogen-bond acceptors (Lipinski definition) is 5. The van der Waals surface area contributed by atoms with E-state index in [2.05, 4.69) is 5.32 Å². The van der Waals surface area contributed by atoms with Crippen LogP contribution in [0.15, 0.2) is 36.4 Å². The van der Waals surface area contributed by atoms with Crippen LogP contribution < -0.4 is 14.8 Å². The monoisotopic (exact) mass is 397 g/mol. The standard InChI is InChI=1S/C18H17Cl2NO5/c1-10(17(22)21-14-7-12(19)6-13(20)8-14)26-18(23)11-4-15(24-2)9-16(5-11)25-3/h4-10H,1-3H3,(H,21,22). The van der Waals surface area contributed by atoms with Gasteiger partial charge in [-0.1, -0.05) is 23.2 Å². The van der Waals surface area contributed by atoms with E-state index in [9.17, 15) is 9.59 Å². The van der Waals surface area contributed by atoms with Crippen molar-refractivity contribution >= 4 is 40.8 Å². The minimum absolute atomic E-state index is 0.201. The zero-order valence-corrected chi connectivity index (χ0v) is 15.9. The maximum atomic E-state index is 12.3. The summed E-state index contributed by atoms with van der Waals surface area (Å²) in [5.74, 6) is -0.343. The van der Waals surface area contributed by atoms with Gasteiger partial charge in [0.15, 0.2) is 6.10 Å². The first-order valence-corrected chi connectivity index (χ1v) is 8.29. The Balaban J connectivity index is 2.07. The van der Waals surface area contributed by atoms with Crippen molar-refractivity contribution in [2.45, 2.75) is 13.0 Å². The second kappa shape index (κ2) is 8.78. The van der Waals surface area contributed by atoms with Crippen LogP contribution in [0.4, 0.5) is 5.69 Å². The molecule has 1 N–H and O–H groups in total. The van der Waals surface area contributed by atoms with Crippen molar-refractivity contribution in [3.05, 3.63) is 52.0 Å². The summed E-state index contributed by atoms with van der Waals surface area (Å²) >= 11 is 11.8. The highest BCUT2D eigenvalue weighted by atomic mass is 35.5. The molecule has 1 amide bonds. The molecule has 0 heterocycles. The van der Waals surface area contributed by atoms with Crippen molar-refractivity contribution < 1.29 is 23.8 Å². The fourth-order valence-electron chi connectivity index (χ4n) is 2.08. The van der Waals surface area contributed by atoms with E-state index < -0.39 is 18.0 Å². The van der Waals surface area contributed by atoms with Gasteiger partial charge < -0.3 is 19.5 Å². The van der Waals surface area contributed by atoms with Crippen molar-refractivity contribution in [3.8, 4) is 11.5 Å². The average molecular weight is 398 g/mol. The maximum Gasteiger partial charge on any atom is 0.339 e. The van der Waals surface area contributed by atoms with E-state index in [1.54, 1.807) is 12.1 Å². The molecule has 1 atom stereocenters. The van der Waals surface area contributed by atoms with E-state index >= 15 is 0 Å². The molecule has 0 saturated heterocycles. The van der Waals surface area contributed by atoms with Gasteiger partial charge in [0, 0.05) is 21.8 Å². The van der Waals surface area contributed by atoms with Gasteiger partial charge >= 0.3 is 5.97 Å². The highest BCUT2D eigenvalue weighted by Crippen LogP contribution is 2.24. The molecular formula is C18H17Cl2NO5. The summed E-state index contributed by atoms with van der Waals surface area (Å²) in [4.78, 5) is 24.5. The van der Waals surface area contributed by atoms with Crippen molar-refractivity contribution in [1.29, 1.82) is 0 Å². The Labute approximate surface area is 160 Å². The lowest BCUT2D eigenvalue weighted by atomic mass is 10.2. The molecule has 0 bridgehead atoms. The van der Waals surface area contributed by atoms with E-state index in [1.165, 1.54) is 45.4 Å². The topological polar surface area (TPSA) is 73.9 Å². The first-order valence-electron chi connectivity index (χ1n) is 7.53. The summed E-state index contributed by atoms with van der Waals surface area (Å²) in [6.45, 7) is 1.46. The number of nitrogens with one attached hydrogen (secondary N) is 1. The van der Waals surface area contributed by atoms with Crippen LogP contribution in [0, 0.1) is 0 Å². The number of hydrogen-bond donors (Lipinski definition) is 1. The molecule has 1 unspecified atom stereocenters. The van der Waals surface area contributed by atoms with Gasteiger partial charge in [0.05, 0.1) is 19.8 Å². The normalized spacial score (nSPS) is 11.4. The SMILES string of the molecule is COc1cc(OC)cc(C(=O)OC(C)C(=O)Nc2cc(Cl)cc(Cl)c2)c1. The predicted molar refractivity (Wildman–Crippen MR) is 99.5 cm³/mol.